The monoisotopic (exact) mass is 275 g/mol. The minimum absolute atomic E-state index is 0.555. The second-order valence-corrected chi connectivity index (χ2v) is 6.52. The third-order valence-electron chi connectivity index (χ3n) is 4.38. The third-order valence-corrected chi connectivity index (χ3v) is 4.38. The number of hydrogen-bond donors (Lipinski definition) is 1. The summed E-state index contributed by atoms with van der Waals surface area (Å²) in [5.74, 6) is -0.697. The van der Waals surface area contributed by atoms with Gasteiger partial charge in [-0.15, -0.1) is 0 Å². The summed E-state index contributed by atoms with van der Waals surface area (Å²) in [5, 5.41) is 9.11. The lowest BCUT2D eigenvalue weighted by molar-refractivity contribution is -0.147. The van der Waals surface area contributed by atoms with Gasteiger partial charge in [0.15, 0.2) is 0 Å². The molecule has 0 amide bonds. The maximum Gasteiger partial charge on any atom is 0.309 e. The molecule has 1 aromatic carbocycles. The maximum absolute atomic E-state index is 11.1. The van der Waals surface area contributed by atoms with Crippen molar-refractivity contribution in [1.29, 1.82) is 0 Å². The number of anilines is 1. The van der Waals surface area contributed by atoms with Crippen LogP contribution in [0, 0.1) is 5.41 Å². The lowest BCUT2D eigenvalue weighted by Crippen LogP contribution is -2.30. The Morgan fingerprint density at radius 1 is 1.35 bits per heavy atom. The van der Waals surface area contributed by atoms with Gasteiger partial charge in [-0.2, -0.15) is 0 Å². The molecular formula is C17H25NO2. The molecule has 0 aromatic heterocycles. The first kappa shape index (κ1) is 14.9. The number of para-hydroxylation sites is 1. The van der Waals surface area contributed by atoms with Gasteiger partial charge in [-0.25, -0.2) is 0 Å². The first-order valence-corrected chi connectivity index (χ1v) is 7.50. The average Bonchev–Trinajstić information content (AvgIpc) is 2.70. The van der Waals surface area contributed by atoms with Gasteiger partial charge in [-0.1, -0.05) is 24.6 Å². The molecular weight excluding hydrogens is 250 g/mol. The fourth-order valence-electron chi connectivity index (χ4n) is 2.93. The summed E-state index contributed by atoms with van der Waals surface area (Å²) in [7, 11) is 0. The Bertz CT molecular complexity index is 482. The molecule has 0 fully saturated rings. The Hall–Kier alpha value is -1.51. The second-order valence-electron chi connectivity index (χ2n) is 6.52. The number of fused-ring (bicyclic) bond motifs is 1. The number of hydrogen-bond acceptors (Lipinski definition) is 2. The first-order chi connectivity index (χ1) is 9.42. The third kappa shape index (κ3) is 3.14. The van der Waals surface area contributed by atoms with E-state index in [-0.39, 0.29) is 0 Å². The molecule has 2 rings (SSSR count). The summed E-state index contributed by atoms with van der Waals surface area (Å²) in [6.07, 6.45) is 3.88. The summed E-state index contributed by atoms with van der Waals surface area (Å²) < 4.78 is 0. The van der Waals surface area contributed by atoms with Gasteiger partial charge in [0.25, 0.3) is 0 Å². The quantitative estimate of drug-likeness (QED) is 0.804. The van der Waals surface area contributed by atoms with Gasteiger partial charge in [0.2, 0.25) is 0 Å². The van der Waals surface area contributed by atoms with Crippen LogP contribution in [0.25, 0.3) is 0 Å². The van der Waals surface area contributed by atoms with Gasteiger partial charge >= 0.3 is 5.97 Å². The highest BCUT2D eigenvalue weighted by Gasteiger charge is 2.27. The van der Waals surface area contributed by atoms with Crippen molar-refractivity contribution in [3.63, 3.8) is 0 Å². The van der Waals surface area contributed by atoms with E-state index in [0.717, 1.165) is 32.2 Å². The zero-order valence-corrected chi connectivity index (χ0v) is 12.7. The average molecular weight is 275 g/mol. The van der Waals surface area contributed by atoms with Gasteiger partial charge in [-0.05, 0) is 51.7 Å². The van der Waals surface area contributed by atoms with E-state index < -0.39 is 11.4 Å². The minimum atomic E-state index is -0.697. The summed E-state index contributed by atoms with van der Waals surface area (Å²) in [6.45, 7) is 6.90. The maximum atomic E-state index is 11.1. The summed E-state index contributed by atoms with van der Waals surface area (Å²) in [6, 6.07) is 9.15. The van der Waals surface area contributed by atoms with Crippen molar-refractivity contribution >= 4 is 11.7 Å². The fraction of sp³-hybridized carbons (Fsp3) is 0.588. The lowest BCUT2D eigenvalue weighted by Gasteiger charge is -2.26. The number of aliphatic carboxylic acids is 1. The van der Waals surface area contributed by atoms with Gasteiger partial charge in [0.05, 0.1) is 5.41 Å². The van der Waals surface area contributed by atoms with E-state index in [1.165, 1.54) is 11.3 Å². The van der Waals surface area contributed by atoms with E-state index in [1.807, 2.05) is 13.8 Å². The van der Waals surface area contributed by atoms with Gasteiger partial charge in [0, 0.05) is 18.3 Å². The number of benzene rings is 1. The predicted octanol–water partition coefficient (Wildman–Crippen LogP) is 3.72. The molecule has 110 valence electrons. The molecule has 20 heavy (non-hydrogen) atoms. The van der Waals surface area contributed by atoms with E-state index in [1.54, 1.807) is 0 Å². The molecule has 0 saturated carbocycles. The van der Waals surface area contributed by atoms with Crippen molar-refractivity contribution in [3.05, 3.63) is 29.8 Å². The van der Waals surface area contributed by atoms with Gasteiger partial charge in [-0.3, -0.25) is 4.79 Å². The standard InChI is InChI=1S/C17H25NO2/c1-13-12-14-8-4-5-9-15(14)18(13)11-7-6-10-17(2,3)16(19)20/h4-5,8-9,13H,6-7,10-12H2,1-3H3,(H,19,20). The Kier molecular flexibility index (Phi) is 4.36. The molecule has 1 N–H and O–H groups in total. The molecule has 0 bridgehead atoms. The molecule has 1 unspecified atom stereocenters. The van der Waals surface area contributed by atoms with Crippen molar-refractivity contribution in [2.45, 2.75) is 52.5 Å². The van der Waals surface area contributed by atoms with E-state index in [0.29, 0.717) is 6.04 Å². The highest BCUT2D eigenvalue weighted by atomic mass is 16.4. The van der Waals surface area contributed by atoms with Gasteiger partial charge < -0.3 is 10.0 Å². The van der Waals surface area contributed by atoms with Crippen molar-refractivity contribution in [2.24, 2.45) is 5.41 Å². The molecule has 3 nitrogen and oxygen atoms in total. The number of rotatable bonds is 6. The Balaban J connectivity index is 1.85. The molecule has 0 saturated heterocycles. The van der Waals surface area contributed by atoms with Crippen LogP contribution >= 0.6 is 0 Å². The topological polar surface area (TPSA) is 40.5 Å². The van der Waals surface area contributed by atoms with Crippen LogP contribution in [-0.2, 0) is 11.2 Å². The molecule has 1 aliphatic heterocycles. The predicted molar refractivity (Wildman–Crippen MR) is 82.2 cm³/mol. The van der Waals surface area contributed by atoms with E-state index >= 15 is 0 Å². The Labute approximate surface area is 121 Å². The zero-order valence-electron chi connectivity index (χ0n) is 12.7. The number of unbranched alkanes of at least 4 members (excludes halogenated alkanes) is 1. The largest absolute Gasteiger partial charge is 0.481 e. The Morgan fingerprint density at radius 3 is 2.75 bits per heavy atom. The highest BCUT2D eigenvalue weighted by Crippen LogP contribution is 2.32. The van der Waals surface area contributed by atoms with E-state index in [9.17, 15) is 4.79 Å². The first-order valence-electron chi connectivity index (χ1n) is 7.50. The smallest absolute Gasteiger partial charge is 0.309 e. The number of carboxylic acids is 1. The van der Waals surface area contributed by atoms with Crippen LogP contribution in [0.15, 0.2) is 24.3 Å². The Morgan fingerprint density at radius 2 is 2.05 bits per heavy atom. The van der Waals surface area contributed by atoms with Crippen molar-refractivity contribution in [3.8, 4) is 0 Å². The molecule has 1 heterocycles. The lowest BCUT2D eigenvalue weighted by atomic mass is 9.87. The SMILES string of the molecule is CC1Cc2ccccc2N1CCCCC(C)(C)C(=O)O. The highest BCUT2D eigenvalue weighted by molar-refractivity contribution is 5.73. The van der Waals surface area contributed by atoms with Crippen molar-refractivity contribution in [2.75, 3.05) is 11.4 Å². The summed E-state index contributed by atoms with van der Waals surface area (Å²) >= 11 is 0. The van der Waals surface area contributed by atoms with Crippen LogP contribution in [0.2, 0.25) is 0 Å². The molecule has 3 heteroatoms. The number of nitrogens with zero attached hydrogens (tertiary/aromatic N) is 1. The van der Waals surface area contributed by atoms with E-state index in [2.05, 4.69) is 36.1 Å². The summed E-state index contributed by atoms with van der Waals surface area (Å²) in [5.41, 5.74) is 2.19. The van der Waals surface area contributed by atoms with Crippen LogP contribution in [0.5, 0.6) is 0 Å². The van der Waals surface area contributed by atoms with Crippen LogP contribution in [-0.4, -0.2) is 23.7 Å². The minimum Gasteiger partial charge on any atom is -0.481 e. The molecule has 0 radical (unpaired) electrons. The van der Waals surface area contributed by atoms with Crippen LogP contribution in [0.4, 0.5) is 5.69 Å². The van der Waals surface area contributed by atoms with E-state index in [4.69, 9.17) is 5.11 Å². The molecule has 0 spiro atoms. The number of carboxylic acid groups (broad SMARTS) is 1. The molecule has 1 aromatic rings. The molecule has 0 aliphatic carbocycles. The van der Waals surface area contributed by atoms with Gasteiger partial charge in [0.1, 0.15) is 0 Å². The van der Waals surface area contributed by atoms with Crippen molar-refractivity contribution < 1.29 is 9.90 Å². The van der Waals surface area contributed by atoms with Crippen molar-refractivity contribution in [1.82, 2.24) is 0 Å². The second kappa shape index (κ2) is 5.86. The normalized spacial score (nSPS) is 18.1. The molecule has 1 aliphatic rings. The van der Waals surface area contributed by atoms with Crippen LogP contribution < -0.4 is 4.90 Å². The zero-order chi connectivity index (χ0) is 14.8. The van der Waals surface area contributed by atoms with Crippen LogP contribution in [0.3, 0.4) is 0 Å². The molecule has 1 atom stereocenters. The number of carbonyl (C=O) groups is 1. The summed E-state index contributed by atoms with van der Waals surface area (Å²) in [4.78, 5) is 13.5. The fourth-order valence-corrected chi connectivity index (χ4v) is 2.93. The van der Waals surface area contributed by atoms with Crippen LogP contribution in [0.1, 0.15) is 45.6 Å².